The number of esters is 1. The highest BCUT2D eigenvalue weighted by molar-refractivity contribution is 7.89. The lowest BCUT2D eigenvalue weighted by atomic mass is 10.1. The number of hydrogen-bond acceptors (Lipinski definition) is 4. The molecule has 1 aromatic carbocycles. The minimum absolute atomic E-state index is 0.167. The van der Waals surface area contributed by atoms with Gasteiger partial charge in [-0.1, -0.05) is 26.7 Å². The Hall–Kier alpha value is -1.47. The van der Waals surface area contributed by atoms with E-state index in [1.165, 1.54) is 0 Å². The summed E-state index contributed by atoms with van der Waals surface area (Å²) in [6.07, 6.45) is 1.71. The average molecular weight is 303 g/mol. The Morgan fingerprint density at radius 1 is 1.30 bits per heavy atom. The Morgan fingerprint density at radius 3 is 2.40 bits per heavy atom. The van der Waals surface area contributed by atoms with Crippen LogP contribution in [0.15, 0.2) is 23.1 Å². The molecule has 0 aliphatic heterocycles. The molecule has 0 radical (unpaired) electrons. The SMILES string of the molecule is CCC(CC)COC(=O)c1cc(F)cc(S(N)(=O)=O)c1. The summed E-state index contributed by atoms with van der Waals surface area (Å²) in [5, 5.41) is 4.91. The van der Waals surface area contributed by atoms with Gasteiger partial charge in [0.15, 0.2) is 0 Å². The Kier molecular flexibility index (Phi) is 5.64. The molecule has 1 aromatic rings. The number of nitrogens with two attached hydrogens (primary N) is 1. The summed E-state index contributed by atoms with van der Waals surface area (Å²) in [5.41, 5.74) is -0.167. The minimum atomic E-state index is -4.07. The van der Waals surface area contributed by atoms with Gasteiger partial charge in [-0.3, -0.25) is 0 Å². The number of hydrogen-bond donors (Lipinski definition) is 1. The molecule has 0 bridgehead atoms. The second kappa shape index (κ2) is 6.81. The molecule has 7 heteroatoms. The quantitative estimate of drug-likeness (QED) is 0.815. The third-order valence-corrected chi connectivity index (χ3v) is 3.93. The third-order valence-electron chi connectivity index (χ3n) is 3.04. The first-order valence-corrected chi connectivity index (χ1v) is 7.83. The Bertz CT molecular complexity index is 582. The molecule has 2 N–H and O–H groups in total. The standard InChI is InChI=1S/C13H18FNO4S/c1-3-9(4-2)8-19-13(16)10-5-11(14)7-12(6-10)20(15,17)18/h5-7,9H,3-4,8H2,1-2H3,(H2,15,17,18). The van der Waals surface area contributed by atoms with Crippen LogP contribution < -0.4 is 5.14 Å². The topological polar surface area (TPSA) is 86.5 Å². The average Bonchev–Trinajstić information content (AvgIpc) is 2.38. The normalized spacial score (nSPS) is 11.7. The molecule has 0 saturated carbocycles. The molecular formula is C13H18FNO4S. The molecule has 20 heavy (non-hydrogen) atoms. The van der Waals surface area contributed by atoms with Gasteiger partial charge in [0, 0.05) is 0 Å². The molecule has 0 aliphatic rings. The molecular weight excluding hydrogens is 285 g/mol. The van der Waals surface area contributed by atoms with E-state index in [9.17, 15) is 17.6 Å². The van der Waals surface area contributed by atoms with Crippen molar-refractivity contribution in [2.75, 3.05) is 6.61 Å². The highest BCUT2D eigenvalue weighted by Crippen LogP contribution is 2.15. The monoisotopic (exact) mass is 303 g/mol. The number of sulfonamides is 1. The third kappa shape index (κ3) is 4.57. The molecule has 0 fully saturated rings. The van der Waals surface area contributed by atoms with Crippen LogP contribution in [0.3, 0.4) is 0 Å². The summed E-state index contributed by atoms with van der Waals surface area (Å²) in [4.78, 5) is 11.3. The maximum absolute atomic E-state index is 13.3. The Balaban J connectivity index is 2.91. The Morgan fingerprint density at radius 2 is 1.90 bits per heavy atom. The summed E-state index contributed by atoms with van der Waals surface area (Å²) >= 11 is 0. The molecule has 0 aliphatic carbocycles. The molecule has 5 nitrogen and oxygen atoms in total. The molecule has 112 valence electrons. The molecule has 0 heterocycles. The molecule has 0 spiro atoms. The summed E-state index contributed by atoms with van der Waals surface area (Å²) in [6.45, 7) is 4.17. The van der Waals surface area contributed by atoms with Crippen molar-refractivity contribution in [2.45, 2.75) is 31.6 Å². The van der Waals surface area contributed by atoms with Gasteiger partial charge in [0.25, 0.3) is 0 Å². The van der Waals surface area contributed by atoms with Crippen molar-refractivity contribution >= 4 is 16.0 Å². The molecule has 0 aromatic heterocycles. The van der Waals surface area contributed by atoms with E-state index in [-0.39, 0.29) is 18.1 Å². The van der Waals surface area contributed by atoms with Crippen molar-refractivity contribution in [1.82, 2.24) is 0 Å². The molecule has 0 saturated heterocycles. The molecule has 0 atom stereocenters. The van der Waals surface area contributed by atoms with E-state index >= 15 is 0 Å². The van der Waals surface area contributed by atoms with E-state index in [1.807, 2.05) is 13.8 Å². The van der Waals surface area contributed by atoms with Crippen molar-refractivity contribution in [1.29, 1.82) is 0 Å². The predicted octanol–water partition coefficient (Wildman–Crippen LogP) is 2.07. The summed E-state index contributed by atoms with van der Waals surface area (Å²) in [5.74, 6) is -1.39. The first-order chi connectivity index (χ1) is 9.27. The van der Waals surface area contributed by atoms with Gasteiger partial charge in [0.2, 0.25) is 10.0 Å². The number of benzene rings is 1. The van der Waals surface area contributed by atoms with E-state index in [1.54, 1.807) is 0 Å². The van der Waals surface area contributed by atoms with Crippen LogP contribution in [0.1, 0.15) is 37.0 Å². The second-order valence-electron chi connectivity index (χ2n) is 4.50. The van der Waals surface area contributed by atoms with Gasteiger partial charge < -0.3 is 4.74 Å². The first-order valence-electron chi connectivity index (χ1n) is 6.28. The molecule has 1 rings (SSSR count). The number of primary sulfonamides is 1. The predicted molar refractivity (Wildman–Crippen MR) is 72.1 cm³/mol. The zero-order chi connectivity index (χ0) is 15.3. The lowest BCUT2D eigenvalue weighted by Crippen LogP contribution is -2.16. The van der Waals surface area contributed by atoms with Crippen molar-refractivity contribution in [3.63, 3.8) is 0 Å². The van der Waals surface area contributed by atoms with Crippen LogP contribution in [0.4, 0.5) is 4.39 Å². The Labute approximate surface area is 118 Å². The van der Waals surface area contributed by atoms with E-state index in [0.717, 1.165) is 31.0 Å². The number of halogens is 1. The number of carbonyl (C=O) groups excluding carboxylic acids is 1. The maximum Gasteiger partial charge on any atom is 0.338 e. The van der Waals surface area contributed by atoms with Gasteiger partial charge in [0.1, 0.15) is 5.82 Å². The van der Waals surface area contributed by atoms with E-state index < -0.39 is 26.7 Å². The van der Waals surface area contributed by atoms with Gasteiger partial charge in [-0.15, -0.1) is 0 Å². The first kappa shape index (κ1) is 16.6. The minimum Gasteiger partial charge on any atom is -0.462 e. The fourth-order valence-corrected chi connectivity index (χ4v) is 2.21. The van der Waals surface area contributed by atoms with Gasteiger partial charge in [-0.25, -0.2) is 22.7 Å². The summed E-state index contributed by atoms with van der Waals surface area (Å²) in [7, 11) is -4.07. The van der Waals surface area contributed by atoms with E-state index in [0.29, 0.717) is 0 Å². The smallest absolute Gasteiger partial charge is 0.338 e. The zero-order valence-electron chi connectivity index (χ0n) is 11.4. The highest BCUT2D eigenvalue weighted by Gasteiger charge is 2.16. The summed E-state index contributed by atoms with van der Waals surface area (Å²) in [6, 6.07) is 2.69. The van der Waals surface area contributed by atoms with Crippen LogP contribution in [0.25, 0.3) is 0 Å². The fraction of sp³-hybridized carbons (Fsp3) is 0.462. The van der Waals surface area contributed by atoms with Gasteiger partial charge in [-0.05, 0) is 24.1 Å². The number of rotatable bonds is 6. The van der Waals surface area contributed by atoms with Crippen molar-refractivity contribution in [3.8, 4) is 0 Å². The summed E-state index contributed by atoms with van der Waals surface area (Å²) < 4.78 is 40.7. The van der Waals surface area contributed by atoms with Crippen molar-refractivity contribution in [2.24, 2.45) is 11.1 Å². The molecule has 0 unspecified atom stereocenters. The second-order valence-corrected chi connectivity index (χ2v) is 6.06. The van der Waals surface area contributed by atoms with Gasteiger partial charge in [-0.2, -0.15) is 0 Å². The van der Waals surface area contributed by atoms with Gasteiger partial charge in [0.05, 0.1) is 17.1 Å². The van der Waals surface area contributed by atoms with Crippen LogP contribution in [-0.2, 0) is 14.8 Å². The zero-order valence-corrected chi connectivity index (χ0v) is 12.2. The van der Waals surface area contributed by atoms with E-state index in [2.05, 4.69) is 0 Å². The van der Waals surface area contributed by atoms with Gasteiger partial charge >= 0.3 is 5.97 Å². The van der Waals surface area contributed by atoms with Crippen LogP contribution in [0.2, 0.25) is 0 Å². The highest BCUT2D eigenvalue weighted by atomic mass is 32.2. The van der Waals surface area contributed by atoms with E-state index in [4.69, 9.17) is 9.88 Å². The number of carbonyl (C=O) groups is 1. The lowest BCUT2D eigenvalue weighted by molar-refractivity contribution is 0.0432. The molecule has 0 amide bonds. The largest absolute Gasteiger partial charge is 0.462 e. The van der Waals surface area contributed by atoms with Crippen LogP contribution in [0, 0.1) is 11.7 Å². The number of ether oxygens (including phenoxy) is 1. The fourth-order valence-electron chi connectivity index (χ4n) is 1.65. The maximum atomic E-state index is 13.3. The van der Waals surface area contributed by atoms with Crippen LogP contribution in [-0.4, -0.2) is 21.0 Å². The van der Waals surface area contributed by atoms with Crippen LogP contribution in [0.5, 0.6) is 0 Å². The lowest BCUT2D eigenvalue weighted by Gasteiger charge is -2.12. The van der Waals surface area contributed by atoms with Crippen LogP contribution >= 0.6 is 0 Å². The van der Waals surface area contributed by atoms with Crippen molar-refractivity contribution < 1.29 is 22.3 Å². The van der Waals surface area contributed by atoms with Crippen molar-refractivity contribution in [3.05, 3.63) is 29.6 Å².